The average Bonchev–Trinajstić information content (AvgIpc) is 2.37. The summed E-state index contributed by atoms with van der Waals surface area (Å²) < 4.78 is 0. The molecule has 1 aromatic carbocycles. The van der Waals surface area contributed by atoms with Gasteiger partial charge in [-0.2, -0.15) is 11.8 Å². The second-order valence-corrected chi connectivity index (χ2v) is 6.01. The van der Waals surface area contributed by atoms with Crippen molar-refractivity contribution in [1.82, 2.24) is 5.32 Å². The minimum absolute atomic E-state index is 0.0618. The second-order valence-electron chi connectivity index (χ2n) is 4.79. The molecule has 2 N–H and O–H groups in total. The maximum atomic E-state index is 11.9. The van der Waals surface area contributed by atoms with Crippen molar-refractivity contribution in [2.24, 2.45) is 5.92 Å². The minimum Gasteiger partial charge on any atom is -0.507 e. The van der Waals surface area contributed by atoms with Gasteiger partial charge in [-0.3, -0.25) is 4.79 Å². The van der Waals surface area contributed by atoms with Gasteiger partial charge in [-0.1, -0.05) is 6.07 Å². The molecule has 18 heavy (non-hydrogen) atoms. The molecule has 1 saturated heterocycles. The Morgan fingerprint density at radius 3 is 2.83 bits per heavy atom. The Bertz CT molecular complexity index is 428. The van der Waals surface area contributed by atoms with Crippen LogP contribution in [0.3, 0.4) is 0 Å². The Kier molecular flexibility index (Phi) is 4.53. The average molecular weight is 265 g/mol. The summed E-state index contributed by atoms with van der Waals surface area (Å²) in [5, 5.41) is 12.7. The van der Waals surface area contributed by atoms with Gasteiger partial charge in [0, 0.05) is 6.54 Å². The van der Waals surface area contributed by atoms with E-state index in [1.54, 1.807) is 12.1 Å². The number of phenols is 1. The summed E-state index contributed by atoms with van der Waals surface area (Å²) in [6.45, 7) is 2.60. The lowest BCUT2D eigenvalue weighted by Crippen LogP contribution is -2.31. The largest absolute Gasteiger partial charge is 0.507 e. The molecule has 1 aliphatic heterocycles. The highest BCUT2D eigenvalue weighted by molar-refractivity contribution is 7.99. The van der Waals surface area contributed by atoms with Crippen LogP contribution < -0.4 is 5.32 Å². The zero-order valence-corrected chi connectivity index (χ0v) is 11.4. The molecule has 0 radical (unpaired) electrons. The monoisotopic (exact) mass is 265 g/mol. The number of thioether (sulfide) groups is 1. The molecule has 4 heteroatoms. The van der Waals surface area contributed by atoms with Crippen LogP contribution in [0, 0.1) is 12.8 Å². The van der Waals surface area contributed by atoms with Gasteiger partial charge in [0.25, 0.3) is 5.91 Å². The third-order valence-electron chi connectivity index (χ3n) is 3.29. The fourth-order valence-corrected chi connectivity index (χ4v) is 3.32. The van der Waals surface area contributed by atoms with Gasteiger partial charge in [0.2, 0.25) is 0 Å². The molecular formula is C14H19NO2S. The first-order chi connectivity index (χ1) is 8.66. The molecule has 98 valence electrons. The zero-order chi connectivity index (χ0) is 13.0. The summed E-state index contributed by atoms with van der Waals surface area (Å²) in [6, 6.07) is 5.13. The van der Waals surface area contributed by atoms with Crippen LogP contribution in [0.15, 0.2) is 18.2 Å². The minimum atomic E-state index is -0.175. The number of benzene rings is 1. The lowest BCUT2D eigenvalue weighted by atomic mass is 10.0. The molecule has 0 unspecified atom stereocenters. The van der Waals surface area contributed by atoms with Crippen LogP contribution in [0.4, 0.5) is 0 Å². The van der Waals surface area contributed by atoms with Gasteiger partial charge in [-0.25, -0.2) is 0 Å². The van der Waals surface area contributed by atoms with Crippen LogP contribution in [-0.2, 0) is 0 Å². The first-order valence-corrected chi connectivity index (χ1v) is 7.48. The van der Waals surface area contributed by atoms with Crippen LogP contribution in [-0.4, -0.2) is 29.1 Å². The van der Waals surface area contributed by atoms with E-state index in [9.17, 15) is 9.90 Å². The molecule has 1 heterocycles. The number of carbonyl (C=O) groups excluding carboxylic acids is 1. The van der Waals surface area contributed by atoms with E-state index in [1.165, 1.54) is 24.3 Å². The highest BCUT2D eigenvalue weighted by Crippen LogP contribution is 2.22. The van der Waals surface area contributed by atoms with Crippen LogP contribution in [0.1, 0.15) is 28.8 Å². The quantitative estimate of drug-likeness (QED) is 0.883. The van der Waals surface area contributed by atoms with E-state index in [0.717, 1.165) is 5.56 Å². The Morgan fingerprint density at radius 1 is 1.44 bits per heavy atom. The maximum Gasteiger partial charge on any atom is 0.255 e. The molecule has 0 atom stereocenters. The van der Waals surface area contributed by atoms with Gasteiger partial charge in [0.1, 0.15) is 5.75 Å². The van der Waals surface area contributed by atoms with E-state index < -0.39 is 0 Å². The van der Waals surface area contributed by atoms with Crippen molar-refractivity contribution < 1.29 is 9.90 Å². The number of amides is 1. The zero-order valence-electron chi connectivity index (χ0n) is 10.6. The number of hydrogen-bond acceptors (Lipinski definition) is 3. The van der Waals surface area contributed by atoms with Gasteiger partial charge >= 0.3 is 0 Å². The van der Waals surface area contributed by atoms with E-state index in [0.29, 0.717) is 18.0 Å². The van der Waals surface area contributed by atoms with Gasteiger partial charge in [-0.15, -0.1) is 0 Å². The molecule has 1 aromatic rings. The summed E-state index contributed by atoms with van der Waals surface area (Å²) in [5.74, 6) is 2.85. The van der Waals surface area contributed by atoms with Crippen LogP contribution >= 0.6 is 11.8 Å². The maximum absolute atomic E-state index is 11.9. The summed E-state index contributed by atoms with van der Waals surface area (Å²) in [7, 11) is 0. The molecule has 0 aliphatic carbocycles. The standard InChI is InChI=1S/C14H19NO2S/c1-10-2-3-12(13(16)8-10)14(17)15-9-11-4-6-18-7-5-11/h2-3,8,11,16H,4-7,9H2,1H3,(H,15,17). The molecule has 0 saturated carbocycles. The number of nitrogens with one attached hydrogen (secondary N) is 1. The number of carbonyl (C=O) groups is 1. The van der Waals surface area contributed by atoms with Crippen molar-refractivity contribution in [1.29, 1.82) is 0 Å². The fourth-order valence-electron chi connectivity index (χ4n) is 2.12. The van der Waals surface area contributed by atoms with Crippen molar-refractivity contribution in [3.05, 3.63) is 29.3 Å². The molecule has 0 bridgehead atoms. The number of hydrogen-bond donors (Lipinski definition) is 2. The van der Waals surface area contributed by atoms with Crippen LogP contribution in [0.25, 0.3) is 0 Å². The topological polar surface area (TPSA) is 49.3 Å². The van der Waals surface area contributed by atoms with Crippen LogP contribution in [0.5, 0.6) is 5.75 Å². The van der Waals surface area contributed by atoms with E-state index in [4.69, 9.17) is 0 Å². The molecule has 1 amide bonds. The Morgan fingerprint density at radius 2 is 2.17 bits per heavy atom. The van der Waals surface area contributed by atoms with Crippen molar-refractivity contribution in [3.8, 4) is 5.75 Å². The van der Waals surface area contributed by atoms with Gasteiger partial charge in [-0.05, 0) is 54.9 Å². The smallest absolute Gasteiger partial charge is 0.255 e. The summed E-state index contributed by atoms with van der Waals surface area (Å²) in [5.41, 5.74) is 1.32. The number of aryl methyl sites for hydroxylation is 1. The van der Waals surface area contributed by atoms with E-state index in [-0.39, 0.29) is 11.7 Å². The second kappa shape index (κ2) is 6.14. The molecule has 1 fully saturated rings. The number of phenolic OH excluding ortho intramolecular Hbond substituents is 1. The molecule has 3 nitrogen and oxygen atoms in total. The lowest BCUT2D eigenvalue weighted by Gasteiger charge is -2.21. The molecule has 2 rings (SSSR count). The molecular weight excluding hydrogens is 246 g/mol. The van der Waals surface area contributed by atoms with Gasteiger partial charge in [0.05, 0.1) is 5.56 Å². The predicted molar refractivity (Wildman–Crippen MR) is 75.2 cm³/mol. The Labute approximate surface area is 112 Å². The number of rotatable bonds is 3. The molecule has 0 spiro atoms. The van der Waals surface area contributed by atoms with E-state index in [2.05, 4.69) is 5.32 Å². The Balaban J connectivity index is 1.90. The summed E-state index contributed by atoms with van der Waals surface area (Å²) in [4.78, 5) is 11.9. The number of aromatic hydroxyl groups is 1. The van der Waals surface area contributed by atoms with Crippen molar-refractivity contribution in [2.75, 3.05) is 18.1 Å². The molecule has 1 aliphatic rings. The molecule has 0 aromatic heterocycles. The van der Waals surface area contributed by atoms with Crippen molar-refractivity contribution in [2.45, 2.75) is 19.8 Å². The normalized spacial score (nSPS) is 16.5. The summed E-state index contributed by atoms with van der Waals surface area (Å²) in [6.07, 6.45) is 2.34. The van der Waals surface area contributed by atoms with E-state index >= 15 is 0 Å². The first-order valence-electron chi connectivity index (χ1n) is 6.32. The Hall–Kier alpha value is -1.16. The predicted octanol–water partition coefficient (Wildman–Crippen LogP) is 2.57. The third kappa shape index (κ3) is 3.42. The van der Waals surface area contributed by atoms with Crippen molar-refractivity contribution in [3.63, 3.8) is 0 Å². The lowest BCUT2D eigenvalue weighted by molar-refractivity contribution is 0.0943. The SMILES string of the molecule is Cc1ccc(C(=O)NCC2CCSCC2)c(O)c1. The highest BCUT2D eigenvalue weighted by atomic mass is 32.2. The van der Waals surface area contributed by atoms with Gasteiger partial charge < -0.3 is 10.4 Å². The van der Waals surface area contributed by atoms with Crippen molar-refractivity contribution >= 4 is 17.7 Å². The fraction of sp³-hybridized carbons (Fsp3) is 0.500. The summed E-state index contributed by atoms with van der Waals surface area (Å²) >= 11 is 1.98. The van der Waals surface area contributed by atoms with Gasteiger partial charge in [0.15, 0.2) is 0 Å². The van der Waals surface area contributed by atoms with Crippen LogP contribution in [0.2, 0.25) is 0 Å². The van der Waals surface area contributed by atoms with E-state index in [1.807, 2.05) is 24.8 Å². The highest BCUT2D eigenvalue weighted by Gasteiger charge is 2.16. The third-order valence-corrected chi connectivity index (χ3v) is 4.34. The first kappa shape index (κ1) is 13.3.